The Morgan fingerprint density at radius 3 is 2.04 bits per heavy atom. The van der Waals surface area contributed by atoms with Crippen LogP contribution in [0.5, 0.6) is 0 Å². The second-order valence-corrected chi connectivity index (χ2v) is 7.29. The zero-order valence-corrected chi connectivity index (χ0v) is 16.1. The molecule has 0 bridgehead atoms. The average Bonchev–Trinajstić information content (AvgIpc) is 2.90. The van der Waals surface area contributed by atoms with Gasteiger partial charge in [-0.1, -0.05) is 0 Å². The van der Waals surface area contributed by atoms with E-state index in [-0.39, 0.29) is 35.4 Å². The van der Waals surface area contributed by atoms with Crippen molar-refractivity contribution in [1.29, 1.82) is 0 Å². The van der Waals surface area contributed by atoms with Gasteiger partial charge < -0.3 is 14.7 Å². The number of hydrogen-bond donors (Lipinski definition) is 0. The van der Waals surface area contributed by atoms with Crippen molar-refractivity contribution in [3.63, 3.8) is 0 Å². The maximum absolute atomic E-state index is 12.8. The number of hydrogen-bond acceptors (Lipinski definition) is 4. The zero-order chi connectivity index (χ0) is 19.9. The quantitative estimate of drug-likeness (QED) is 0.729. The standard InChI is InChI=1S/C19H24N4O4/c1-12(2)23-17(25)14-6-5-13(11-15(14)18(23)26)16(24)21-7-9-22(10-8-21)19(27)20(3)4/h5-6,11-12H,7-10H2,1-4H3. The summed E-state index contributed by atoms with van der Waals surface area (Å²) in [5.41, 5.74) is 1.00. The molecule has 0 spiro atoms. The van der Waals surface area contributed by atoms with Gasteiger partial charge in [0.05, 0.1) is 11.1 Å². The topological polar surface area (TPSA) is 81.2 Å². The van der Waals surface area contributed by atoms with Gasteiger partial charge in [-0.15, -0.1) is 0 Å². The summed E-state index contributed by atoms with van der Waals surface area (Å²) in [5, 5.41) is 0. The molecule has 0 aromatic heterocycles. The molecule has 8 nitrogen and oxygen atoms in total. The minimum absolute atomic E-state index is 0.0717. The van der Waals surface area contributed by atoms with Gasteiger partial charge in [0.25, 0.3) is 17.7 Å². The monoisotopic (exact) mass is 372 g/mol. The minimum atomic E-state index is -0.360. The normalized spacial score (nSPS) is 16.9. The maximum Gasteiger partial charge on any atom is 0.319 e. The van der Waals surface area contributed by atoms with Gasteiger partial charge in [-0.25, -0.2) is 4.79 Å². The Hall–Kier alpha value is -2.90. The van der Waals surface area contributed by atoms with Crippen LogP contribution in [0, 0.1) is 0 Å². The van der Waals surface area contributed by atoms with Crippen molar-refractivity contribution in [2.75, 3.05) is 40.3 Å². The van der Waals surface area contributed by atoms with E-state index in [2.05, 4.69) is 0 Å². The number of amides is 5. The molecule has 0 N–H and O–H groups in total. The summed E-state index contributed by atoms with van der Waals surface area (Å²) in [4.78, 5) is 55.8. The van der Waals surface area contributed by atoms with Crippen molar-refractivity contribution < 1.29 is 19.2 Å². The molecule has 0 atom stereocenters. The van der Waals surface area contributed by atoms with Gasteiger partial charge in [-0.3, -0.25) is 19.3 Å². The molecule has 1 aromatic rings. The fourth-order valence-corrected chi connectivity index (χ4v) is 3.43. The van der Waals surface area contributed by atoms with Gasteiger partial charge in [0.1, 0.15) is 0 Å². The van der Waals surface area contributed by atoms with Crippen molar-refractivity contribution in [2.24, 2.45) is 0 Å². The van der Waals surface area contributed by atoms with Crippen LogP contribution in [-0.2, 0) is 0 Å². The summed E-state index contributed by atoms with van der Waals surface area (Å²) in [7, 11) is 3.40. The molecule has 1 aromatic carbocycles. The summed E-state index contributed by atoms with van der Waals surface area (Å²) < 4.78 is 0. The molecule has 5 amide bonds. The number of carbonyl (C=O) groups excluding carboxylic acids is 4. The van der Waals surface area contributed by atoms with E-state index < -0.39 is 0 Å². The Bertz CT molecular complexity index is 810. The first kappa shape index (κ1) is 18.9. The highest BCUT2D eigenvalue weighted by Gasteiger charge is 2.38. The fraction of sp³-hybridized carbons (Fsp3) is 0.474. The van der Waals surface area contributed by atoms with Crippen molar-refractivity contribution in [2.45, 2.75) is 19.9 Å². The number of rotatable bonds is 2. The molecule has 0 unspecified atom stereocenters. The highest BCUT2D eigenvalue weighted by atomic mass is 16.2. The van der Waals surface area contributed by atoms with Gasteiger partial charge in [-0.2, -0.15) is 0 Å². The molecule has 27 heavy (non-hydrogen) atoms. The summed E-state index contributed by atoms with van der Waals surface area (Å²) in [6.07, 6.45) is 0. The van der Waals surface area contributed by atoms with Gasteiger partial charge in [-0.05, 0) is 32.0 Å². The van der Waals surface area contributed by atoms with Crippen LogP contribution in [0.3, 0.4) is 0 Å². The lowest BCUT2D eigenvalue weighted by Gasteiger charge is -2.36. The smallest absolute Gasteiger partial charge is 0.319 e. The lowest BCUT2D eigenvalue weighted by Crippen LogP contribution is -2.52. The highest BCUT2D eigenvalue weighted by molar-refractivity contribution is 6.22. The first-order valence-electron chi connectivity index (χ1n) is 8.99. The number of fused-ring (bicyclic) bond motifs is 1. The SMILES string of the molecule is CC(C)N1C(=O)c2ccc(C(=O)N3CCN(C(=O)N(C)C)CC3)cc2C1=O. The van der Waals surface area contributed by atoms with Crippen LogP contribution in [0.1, 0.15) is 44.9 Å². The number of piperazine rings is 1. The number of urea groups is 1. The average molecular weight is 372 g/mol. The van der Waals surface area contributed by atoms with Gasteiger partial charge in [0.15, 0.2) is 0 Å². The Morgan fingerprint density at radius 1 is 0.926 bits per heavy atom. The first-order valence-corrected chi connectivity index (χ1v) is 8.99. The summed E-state index contributed by atoms with van der Waals surface area (Å²) in [5.74, 6) is -0.876. The molecule has 0 radical (unpaired) electrons. The second-order valence-electron chi connectivity index (χ2n) is 7.29. The van der Waals surface area contributed by atoms with Crippen LogP contribution in [0.15, 0.2) is 18.2 Å². The Labute approximate surface area is 158 Å². The third-order valence-electron chi connectivity index (χ3n) is 4.90. The van der Waals surface area contributed by atoms with Crippen molar-refractivity contribution >= 4 is 23.8 Å². The lowest BCUT2D eigenvalue weighted by atomic mass is 10.0. The van der Waals surface area contributed by atoms with E-state index in [4.69, 9.17) is 0 Å². The van der Waals surface area contributed by atoms with E-state index in [9.17, 15) is 19.2 Å². The van der Waals surface area contributed by atoms with Crippen LogP contribution >= 0.6 is 0 Å². The zero-order valence-electron chi connectivity index (χ0n) is 16.1. The van der Waals surface area contributed by atoms with Gasteiger partial charge in [0, 0.05) is 51.9 Å². The predicted molar refractivity (Wildman–Crippen MR) is 98.6 cm³/mol. The molecule has 3 rings (SSSR count). The number of imide groups is 1. The molecule has 1 saturated heterocycles. The molecule has 8 heteroatoms. The van der Waals surface area contributed by atoms with Crippen molar-refractivity contribution in [3.05, 3.63) is 34.9 Å². The summed E-state index contributed by atoms with van der Waals surface area (Å²) in [6, 6.07) is 4.35. The van der Waals surface area contributed by atoms with E-state index in [1.54, 1.807) is 49.9 Å². The third kappa shape index (κ3) is 3.27. The van der Waals surface area contributed by atoms with E-state index in [0.717, 1.165) is 0 Å². The fourth-order valence-electron chi connectivity index (χ4n) is 3.43. The van der Waals surface area contributed by atoms with E-state index >= 15 is 0 Å². The lowest BCUT2D eigenvalue weighted by molar-refractivity contribution is 0.0608. The van der Waals surface area contributed by atoms with Crippen molar-refractivity contribution in [1.82, 2.24) is 19.6 Å². The third-order valence-corrected chi connectivity index (χ3v) is 4.90. The minimum Gasteiger partial charge on any atom is -0.335 e. The van der Waals surface area contributed by atoms with E-state index in [0.29, 0.717) is 37.3 Å². The molecule has 1 fully saturated rings. The molecular formula is C19H24N4O4. The Balaban J connectivity index is 1.74. The van der Waals surface area contributed by atoms with Crippen LogP contribution in [-0.4, -0.2) is 89.7 Å². The molecule has 2 heterocycles. The molecule has 0 aliphatic carbocycles. The van der Waals surface area contributed by atoms with Crippen LogP contribution < -0.4 is 0 Å². The summed E-state index contributed by atoms with van der Waals surface area (Å²) in [6.45, 7) is 5.35. The largest absolute Gasteiger partial charge is 0.335 e. The maximum atomic E-state index is 12.8. The van der Waals surface area contributed by atoms with Crippen LogP contribution in [0.4, 0.5) is 4.79 Å². The predicted octanol–water partition coefficient (Wildman–Crippen LogP) is 1.13. The highest BCUT2D eigenvalue weighted by Crippen LogP contribution is 2.26. The Morgan fingerprint density at radius 2 is 1.48 bits per heavy atom. The molecule has 2 aliphatic heterocycles. The number of benzene rings is 1. The van der Waals surface area contributed by atoms with E-state index in [1.165, 1.54) is 15.9 Å². The number of carbonyl (C=O) groups is 4. The molecular weight excluding hydrogens is 348 g/mol. The van der Waals surface area contributed by atoms with Crippen LogP contribution in [0.2, 0.25) is 0 Å². The molecule has 0 saturated carbocycles. The van der Waals surface area contributed by atoms with Gasteiger partial charge >= 0.3 is 6.03 Å². The Kier molecular flexibility index (Phi) is 4.91. The number of nitrogens with zero attached hydrogens (tertiary/aromatic N) is 4. The first-order chi connectivity index (χ1) is 12.7. The summed E-state index contributed by atoms with van der Waals surface area (Å²) >= 11 is 0. The molecule has 2 aliphatic rings. The van der Waals surface area contributed by atoms with E-state index in [1.807, 2.05) is 0 Å². The van der Waals surface area contributed by atoms with Crippen molar-refractivity contribution in [3.8, 4) is 0 Å². The second kappa shape index (κ2) is 7.02. The molecule has 144 valence electrons. The van der Waals surface area contributed by atoms with Gasteiger partial charge in [0.2, 0.25) is 0 Å². The van der Waals surface area contributed by atoms with Crippen LogP contribution in [0.25, 0.3) is 0 Å².